The standard InChI is InChI=1S/C20H29NO4/c1-3-25-13-7-12-21(14-15(2)20(23)24)19(22)18-11-6-9-16-8-4-5-10-17(16)18/h4-5,8,10,15,18H,3,6-7,9,11-14H2,1-2H3,(H,23,24). The van der Waals surface area contributed by atoms with E-state index in [0.29, 0.717) is 19.8 Å². The topological polar surface area (TPSA) is 66.8 Å². The van der Waals surface area contributed by atoms with Crippen molar-refractivity contribution in [2.45, 2.75) is 45.4 Å². The number of carbonyl (C=O) groups excluding carboxylic acids is 1. The Bertz CT molecular complexity index is 587. The molecule has 5 nitrogen and oxygen atoms in total. The van der Waals surface area contributed by atoms with E-state index in [-0.39, 0.29) is 18.4 Å². The van der Waals surface area contributed by atoms with Crippen LogP contribution in [0.3, 0.4) is 0 Å². The molecule has 1 aliphatic carbocycles. The van der Waals surface area contributed by atoms with Gasteiger partial charge in [-0.2, -0.15) is 0 Å². The molecule has 25 heavy (non-hydrogen) atoms. The smallest absolute Gasteiger partial charge is 0.308 e. The van der Waals surface area contributed by atoms with Crippen LogP contribution >= 0.6 is 0 Å². The highest BCUT2D eigenvalue weighted by Crippen LogP contribution is 2.33. The molecule has 5 heteroatoms. The van der Waals surface area contributed by atoms with Gasteiger partial charge in [0, 0.05) is 26.3 Å². The Hall–Kier alpha value is -1.88. The van der Waals surface area contributed by atoms with Crippen molar-refractivity contribution >= 4 is 11.9 Å². The molecule has 0 saturated carbocycles. The molecule has 138 valence electrons. The van der Waals surface area contributed by atoms with E-state index in [1.807, 2.05) is 25.1 Å². The Labute approximate surface area is 150 Å². The van der Waals surface area contributed by atoms with Crippen molar-refractivity contribution in [1.82, 2.24) is 4.90 Å². The van der Waals surface area contributed by atoms with E-state index in [1.54, 1.807) is 11.8 Å². The van der Waals surface area contributed by atoms with Crippen molar-refractivity contribution < 1.29 is 19.4 Å². The van der Waals surface area contributed by atoms with Crippen LogP contribution in [0.1, 0.15) is 50.2 Å². The summed E-state index contributed by atoms with van der Waals surface area (Å²) >= 11 is 0. The van der Waals surface area contributed by atoms with Gasteiger partial charge in [0.25, 0.3) is 0 Å². The van der Waals surface area contributed by atoms with Gasteiger partial charge in [0.1, 0.15) is 0 Å². The number of nitrogens with zero attached hydrogens (tertiary/aromatic N) is 1. The van der Waals surface area contributed by atoms with Crippen LogP contribution in [0.15, 0.2) is 24.3 Å². The van der Waals surface area contributed by atoms with E-state index in [2.05, 4.69) is 6.07 Å². The lowest BCUT2D eigenvalue weighted by Crippen LogP contribution is -2.41. The van der Waals surface area contributed by atoms with E-state index in [4.69, 9.17) is 4.74 Å². The second-order valence-corrected chi connectivity index (χ2v) is 6.72. The van der Waals surface area contributed by atoms with Crippen LogP contribution in [0.2, 0.25) is 0 Å². The van der Waals surface area contributed by atoms with Crippen molar-refractivity contribution in [3.8, 4) is 0 Å². The number of amides is 1. The van der Waals surface area contributed by atoms with Gasteiger partial charge in [0.05, 0.1) is 11.8 Å². The molecule has 2 unspecified atom stereocenters. The van der Waals surface area contributed by atoms with Crippen LogP contribution in [0, 0.1) is 5.92 Å². The monoisotopic (exact) mass is 347 g/mol. The number of carboxylic acid groups (broad SMARTS) is 1. The molecule has 1 amide bonds. The van der Waals surface area contributed by atoms with Crippen molar-refractivity contribution in [3.05, 3.63) is 35.4 Å². The van der Waals surface area contributed by atoms with Crippen molar-refractivity contribution in [3.63, 3.8) is 0 Å². The summed E-state index contributed by atoms with van der Waals surface area (Å²) in [5, 5.41) is 9.23. The number of hydrogen-bond acceptors (Lipinski definition) is 3. The molecular weight excluding hydrogens is 318 g/mol. The van der Waals surface area contributed by atoms with Gasteiger partial charge in [-0.05, 0) is 43.7 Å². The minimum Gasteiger partial charge on any atom is -0.481 e. The van der Waals surface area contributed by atoms with Crippen LogP contribution in [-0.4, -0.2) is 48.2 Å². The van der Waals surface area contributed by atoms with Gasteiger partial charge in [0.2, 0.25) is 5.91 Å². The fourth-order valence-electron chi connectivity index (χ4n) is 3.43. The maximum atomic E-state index is 13.2. The summed E-state index contributed by atoms with van der Waals surface area (Å²) < 4.78 is 5.36. The first-order chi connectivity index (χ1) is 12.0. The van der Waals surface area contributed by atoms with Crippen LogP contribution in [0.4, 0.5) is 0 Å². The molecule has 0 radical (unpaired) electrons. The zero-order chi connectivity index (χ0) is 18.2. The number of ether oxygens (including phenoxy) is 1. The first-order valence-corrected chi connectivity index (χ1v) is 9.21. The summed E-state index contributed by atoms with van der Waals surface area (Å²) in [4.78, 5) is 26.1. The minimum absolute atomic E-state index is 0.0525. The largest absolute Gasteiger partial charge is 0.481 e. The Morgan fingerprint density at radius 3 is 2.84 bits per heavy atom. The zero-order valence-electron chi connectivity index (χ0n) is 15.2. The predicted octanol–water partition coefficient (Wildman–Crippen LogP) is 3.08. The van der Waals surface area contributed by atoms with Gasteiger partial charge in [-0.1, -0.05) is 31.2 Å². The summed E-state index contributed by atoms with van der Waals surface area (Å²) in [5.41, 5.74) is 2.35. The van der Waals surface area contributed by atoms with E-state index in [1.165, 1.54) is 5.56 Å². The summed E-state index contributed by atoms with van der Waals surface area (Å²) in [7, 11) is 0. The molecule has 1 N–H and O–H groups in total. The van der Waals surface area contributed by atoms with E-state index in [9.17, 15) is 14.7 Å². The summed E-state index contributed by atoms with van der Waals surface area (Å²) in [6.07, 6.45) is 3.56. The lowest BCUT2D eigenvalue weighted by molar-refractivity contribution is -0.143. The molecule has 0 bridgehead atoms. The van der Waals surface area contributed by atoms with Gasteiger partial charge >= 0.3 is 5.97 Å². The third-order valence-corrected chi connectivity index (χ3v) is 4.82. The zero-order valence-corrected chi connectivity index (χ0v) is 15.2. The van der Waals surface area contributed by atoms with E-state index >= 15 is 0 Å². The molecule has 0 spiro atoms. The normalized spacial score (nSPS) is 17.6. The lowest BCUT2D eigenvalue weighted by Gasteiger charge is -2.32. The van der Waals surface area contributed by atoms with Gasteiger partial charge in [-0.15, -0.1) is 0 Å². The molecule has 0 aromatic heterocycles. The Kier molecular flexibility index (Phi) is 7.44. The molecule has 1 aromatic carbocycles. The molecule has 2 rings (SSSR count). The maximum absolute atomic E-state index is 13.2. The number of rotatable bonds is 9. The molecule has 0 fully saturated rings. The molecule has 1 aliphatic rings. The highest BCUT2D eigenvalue weighted by Gasteiger charge is 2.31. The second kappa shape index (κ2) is 9.56. The van der Waals surface area contributed by atoms with Crippen LogP contribution < -0.4 is 0 Å². The predicted molar refractivity (Wildman–Crippen MR) is 96.6 cm³/mol. The van der Waals surface area contributed by atoms with Gasteiger partial charge in [0.15, 0.2) is 0 Å². The quantitative estimate of drug-likeness (QED) is 0.697. The minimum atomic E-state index is -0.869. The number of benzene rings is 1. The summed E-state index contributed by atoms with van der Waals surface area (Å²) in [6.45, 7) is 5.61. The van der Waals surface area contributed by atoms with Crippen molar-refractivity contribution in [1.29, 1.82) is 0 Å². The van der Waals surface area contributed by atoms with Gasteiger partial charge in [-0.3, -0.25) is 9.59 Å². The average molecular weight is 347 g/mol. The molecule has 0 aliphatic heterocycles. The molecule has 0 saturated heterocycles. The Morgan fingerprint density at radius 2 is 2.12 bits per heavy atom. The fraction of sp³-hybridized carbons (Fsp3) is 0.600. The first-order valence-electron chi connectivity index (χ1n) is 9.21. The van der Waals surface area contributed by atoms with E-state index in [0.717, 1.165) is 31.2 Å². The molecule has 0 heterocycles. The van der Waals surface area contributed by atoms with Crippen LogP contribution in [-0.2, 0) is 20.7 Å². The third kappa shape index (κ3) is 5.30. The Balaban J connectivity index is 2.12. The van der Waals surface area contributed by atoms with Crippen molar-refractivity contribution in [2.24, 2.45) is 5.92 Å². The SMILES string of the molecule is CCOCCCN(CC(C)C(=O)O)C(=O)C1CCCc2ccccc21. The van der Waals surface area contributed by atoms with E-state index < -0.39 is 11.9 Å². The molecular formula is C20H29NO4. The van der Waals surface area contributed by atoms with Gasteiger partial charge in [-0.25, -0.2) is 0 Å². The average Bonchev–Trinajstić information content (AvgIpc) is 2.63. The van der Waals surface area contributed by atoms with Crippen molar-refractivity contribution in [2.75, 3.05) is 26.3 Å². The molecule has 1 aromatic rings. The number of fused-ring (bicyclic) bond motifs is 1. The fourth-order valence-corrected chi connectivity index (χ4v) is 3.43. The molecule has 2 atom stereocenters. The van der Waals surface area contributed by atoms with Crippen LogP contribution in [0.25, 0.3) is 0 Å². The third-order valence-electron chi connectivity index (χ3n) is 4.82. The number of hydrogen-bond donors (Lipinski definition) is 1. The number of carboxylic acids is 1. The highest BCUT2D eigenvalue weighted by atomic mass is 16.5. The summed E-state index contributed by atoms with van der Waals surface area (Å²) in [6, 6.07) is 8.12. The van der Waals surface area contributed by atoms with Gasteiger partial charge < -0.3 is 14.7 Å². The Morgan fingerprint density at radius 1 is 1.36 bits per heavy atom. The summed E-state index contributed by atoms with van der Waals surface area (Å²) in [5.74, 6) is -1.55. The number of carbonyl (C=O) groups is 2. The first kappa shape index (κ1) is 19.4. The lowest BCUT2D eigenvalue weighted by atomic mass is 9.82. The number of aliphatic carboxylic acids is 1. The number of aryl methyl sites for hydroxylation is 1. The van der Waals surface area contributed by atoms with Crippen LogP contribution in [0.5, 0.6) is 0 Å². The highest BCUT2D eigenvalue weighted by molar-refractivity contribution is 5.85. The maximum Gasteiger partial charge on any atom is 0.308 e. The second-order valence-electron chi connectivity index (χ2n) is 6.72.